The SMILES string of the molecule is Cc1noc(C)c1CN1C[C@@H](Cc2ccnc3ccccc23)[C@H](O)C1. The van der Waals surface area contributed by atoms with Crippen LogP contribution in [0.5, 0.6) is 0 Å². The lowest BCUT2D eigenvalue weighted by Gasteiger charge is -2.16. The second-order valence-electron chi connectivity index (χ2n) is 7.02. The monoisotopic (exact) mass is 337 g/mol. The van der Waals surface area contributed by atoms with Gasteiger partial charge >= 0.3 is 0 Å². The normalized spacial score (nSPS) is 21.2. The largest absolute Gasteiger partial charge is 0.391 e. The van der Waals surface area contributed by atoms with Crippen molar-refractivity contribution in [2.75, 3.05) is 13.1 Å². The molecular weight excluding hydrogens is 314 g/mol. The number of aliphatic hydroxyl groups is 1. The zero-order valence-electron chi connectivity index (χ0n) is 14.6. The molecule has 1 aliphatic rings. The van der Waals surface area contributed by atoms with E-state index in [1.165, 1.54) is 10.9 Å². The summed E-state index contributed by atoms with van der Waals surface area (Å²) in [4.78, 5) is 6.73. The van der Waals surface area contributed by atoms with Gasteiger partial charge in [0.25, 0.3) is 0 Å². The summed E-state index contributed by atoms with van der Waals surface area (Å²) in [5.74, 6) is 1.10. The summed E-state index contributed by atoms with van der Waals surface area (Å²) in [5.41, 5.74) is 4.35. The maximum atomic E-state index is 10.6. The Morgan fingerprint density at radius 1 is 1.20 bits per heavy atom. The predicted octanol–water partition coefficient (Wildman–Crippen LogP) is 2.88. The Morgan fingerprint density at radius 3 is 2.84 bits per heavy atom. The quantitative estimate of drug-likeness (QED) is 0.793. The molecule has 2 atom stereocenters. The molecule has 1 aromatic carbocycles. The smallest absolute Gasteiger partial charge is 0.138 e. The van der Waals surface area contributed by atoms with Gasteiger partial charge in [-0.25, -0.2) is 0 Å². The Hall–Kier alpha value is -2.24. The second-order valence-corrected chi connectivity index (χ2v) is 7.02. The maximum absolute atomic E-state index is 10.6. The minimum Gasteiger partial charge on any atom is -0.391 e. The number of aliphatic hydroxyl groups excluding tert-OH is 1. The van der Waals surface area contributed by atoms with Crippen LogP contribution in [0.2, 0.25) is 0 Å². The highest BCUT2D eigenvalue weighted by Gasteiger charge is 2.32. The first-order valence-electron chi connectivity index (χ1n) is 8.76. The van der Waals surface area contributed by atoms with Gasteiger partial charge < -0.3 is 9.63 Å². The van der Waals surface area contributed by atoms with Gasteiger partial charge in [0, 0.05) is 42.7 Å². The first-order valence-corrected chi connectivity index (χ1v) is 8.76. The summed E-state index contributed by atoms with van der Waals surface area (Å²) in [6, 6.07) is 10.3. The van der Waals surface area contributed by atoms with Crippen molar-refractivity contribution >= 4 is 10.9 Å². The van der Waals surface area contributed by atoms with E-state index in [9.17, 15) is 5.11 Å². The van der Waals surface area contributed by atoms with Crippen molar-refractivity contribution in [2.24, 2.45) is 5.92 Å². The van der Waals surface area contributed by atoms with Crippen LogP contribution in [-0.2, 0) is 13.0 Å². The van der Waals surface area contributed by atoms with Crippen molar-refractivity contribution < 1.29 is 9.63 Å². The van der Waals surface area contributed by atoms with Crippen LogP contribution in [0, 0.1) is 19.8 Å². The first kappa shape index (κ1) is 16.2. The number of aromatic nitrogens is 2. The van der Waals surface area contributed by atoms with E-state index in [0.717, 1.165) is 42.0 Å². The van der Waals surface area contributed by atoms with Gasteiger partial charge in [0.2, 0.25) is 0 Å². The van der Waals surface area contributed by atoms with E-state index >= 15 is 0 Å². The van der Waals surface area contributed by atoms with Crippen molar-refractivity contribution in [3.8, 4) is 0 Å². The van der Waals surface area contributed by atoms with Crippen LogP contribution in [0.4, 0.5) is 0 Å². The molecule has 5 nitrogen and oxygen atoms in total. The summed E-state index contributed by atoms with van der Waals surface area (Å²) >= 11 is 0. The Morgan fingerprint density at radius 2 is 2.04 bits per heavy atom. The van der Waals surface area contributed by atoms with Crippen molar-refractivity contribution in [2.45, 2.75) is 32.9 Å². The number of β-amino-alcohol motifs (C(OH)–C–C–N with tert-alkyl or cyclic N) is 1. The van der Waals surface area contributed by atoms with E-state index in [-0.39, 0.29) is 12.0 Å². The number of likely N-dealkylation sites (tertiary alicyclic amines) is 1. The van der Waals surface area contributed by atoms with E-state index < -0.39 is 0 Å². The number of rotatable bonds is 4. The Balaban J connectivity index is 1.50. The molecule has 1 fully saturated rings. The summed E-state index contributed by atoms with van der Waals surface area (Å²) < 4.78 is 5.26. The molecule has 0 amide bonds. The molecule has 0 bridgehead atoms. The lowest BCUT2D eigenvalue weighted by atomic mass is 9.94. The fourth-order valence-corrected chi connectivity index (χ4v) is 3.84. The van der Waals surface area contributed by atoms with E-state index in [1.54, 1.807) is 0 Å². The van der Waals surface area contributed by atoms with Crippen molar-refractivity contribution in [3.63, 3.8) is 0 Å². The third-order valence-corrected chi connectivity index (χ3v) is 5.27. The number of pyridine rings is 1. The van der Waals surface area contributed by atoms with Crippen LogP contribution in [0.3, 0.4) is 0 Å². The van der Waals surface area contributed by atoms with Crippen molar-refractivity contribution in [1.29, 1.82) is 0 Å². The summed E-state index contributed by atoms with van der Waals surface area (Å²) in [6.07, 6.45) is 2.41. The van der Waals surface area contributed by atoms with Crippen LogP contribution in [-0.4, -0.2) is 39.3 Å². The lowest BCUT2D eigenvalue weighted by molar-refractivity contribution is 0.141. The highest BCUT2D eigenvalue weighted by molar-refractivity contribution is 5.81. The van der Waals surface area contributed by atoms with Crippen LogP contribution in [0.1, 0.15) is 22.6 Å². The van der Waals surface area contributed by atoms with Gasteiger partial charge in [-0.15, -0.1) is 0 Å². The average molecular weight is 337 g/mol. The fourth-order valence-electron chi connectivity index (χ4n) is 3.84. The minimum atomic E-state index is -0.313. The topological polar surface area (TPSA) is 62.4 Å². The molecule has 2 aromatic heterocycles. The third-order valence-electron chi connectivity index (χ3n) is 5.27. The highest BCUT2D eigenvalue weighted by atomic mass is 16.5. The molecule has 0 spiro atoms. The molecule has 25 heavy (non-hydrogen) atoms. The van der Waals surface area contributed by atoms with E-state index in [0.29, 0.717) is 6.54 Å². The third kappa shape index (κ3) is 3.17. The summed E-state index contributed by atoms with van der Waals surface area (Å²) in [7, 11) is 0. The zero-order chi connectivity index (χ0) is 17.4. The van der Waals surface area contributed by atoms with Gasteiger partial charge in [-0.3, -0.25) is 9.88 Å². The zero-order valence-corrected chi connectivity index (χ0v) is 14.6. The van der Waals surface area contributed by atoms with E-state index in [4.69, 9.17) is 4.52 Å². The van der Waals surface area contributed by atoms with Crippen molar-refractivity contribution in [3.05, 3.63) is 59.1 Å². The molecule has 1 saturated heterocycles. The van der Waals surface area contributed by atoms with E-state index in [1.807, 2.05) is 38.2 Å². The Kier molecular flexibility index (Phi) is 4.27. The number of hydrogen-bond donors (Lipinski definition) is 1. The van der Waals surface area contributed by atoms with Gasteiger partial charge in [0.15, 0.2) is 0 Å². The molecule has 3 aromatic rings. The van der Waals surface area contributed by atoms with Gasteiger partial charge in [-0.05, 0) is 38.0 Å². The Labute approximate surface area is 147 Å². The molecule has 1 N–H and O–H groups in total. The average Bonchev–Trinajstić information content (AvgIpc) is 3.12. The first-order chi connectivity index (χ1) is 12.1. The van der Waals surface area contributed by atoms with Gasteiger partial charge in [0.1, 0.15) is 5.76 Å². The number of hydrogen-bond acceptors (Lipinski definition) is 5. The number of fused-ring (bicyclic) bond motifs is 1. The Bertz CT molecular complexity index is 865. The van der Waals surface area contributed by atoms with Crippen LogP contribution < -0.4 is 0 Å². The predicted molar refractivity (Wildman–Crippen MR) is 96.2 cm³/mol. The van der Waals surface area contributed by atoms with Crippen LogP contribution >= 0.6 is 0 Å². The van der Waals surface area contributed by atoms with Gasteiger partial charge in [-0.1, -0.05) is 23.4 Å². The molecule has 0 unspecified atom stereocenters. The molecule has 0 aliphatic carbocycles. The molecule has 0 radical (unpaired) electrons. The standard InChI is InChI=1S/C20H23N3O2/c1-13-18(14(2)25-22-13)11-23-10-16(20(24)12-23)9-15-7-8-21-19-6-4-3-5-17(15)19/h3-8,16,20,24H,9-12H2,1-2H3/t16-,20-/m1/s1. The summed E-state index contributed by atoms with van der Waals surface area (Å²) in [5, 5.41) is 15.8. The number of para-hydroxylation sites is 1. The second kappa shape index (κ2) is 6.58. The number of nitrogens with zero attached hydrogens (tertiary/aromatic N) is 3. The molecular formula is C20H23N3O2. The van der Waals surface area contributed by atoms with Gasteiger partial charge in [0.05, 0.1) is 17.3 Å². The molecule has 4 rings (SSSR count). The molecule has 3 heterocycles. The molecule has 1 aliphatic heterocycles. The van der Waals surface area contributed by atoms with Crippen LogP contribution in [0.15, 0.2) is 41.1 Å². The van der Waals surface area contributed by atoms with Crippen molar-refractivity contribution in [1.82, 2.24) is 15.0 Å². The van der Waals surface area contributed by atoms with E-state index in [2.05, 4.69) is 27.2 Å². The molecule has 0 saturated carbocycles. The summed E-state index contributed by atoms with van der Waals surface area (Å²) in [6.45, 7) is 6.27. The lowest BCUT2D eigenvalue weighted by Crippen LogP contribution is -2.22. The fraction of sp³-hybridized carbons (Fsp3) is 0.400. The highest BCUT2D eigenvalue weighted by Crippen LogP contribution is 2.27. The van der Waals surface area contributed by atoms with Crippen LogP contribution in [0.25, 0.3) is 10.9 Å². The maximum Gasteiger partial charge on any atom is 0.138 e. The number of benzene rings is 1. The minimum absolute atomic E-state index is 0.228. The number of aryl methyl sites for hydroxylation is 2. The molecule has 130 valence electrons. The van der Waals surface area contributed by atoms with Gasteiger partial charge in [-0.2, -0.15) is 0 Å². The molecule has 5 heteroatoms.